The summed E-state index contributed by atoms with van der Waals surface area (Å²) in [6.07, 6.45) is -1.37. The topological polar surface area (TPSA) is 92.7 Å². The van der Waals surface area contributed by atoms with E-state index in [-0.39, 0.29) is 28.1 Å². The Balaban J connectivity index is 1.41. The molecule has 1 atom stereocenters. The maximum atomic E-state index is 12.5. The van der Waals surface area contributed by atoms with Crippen molar-refractivity contribution < 1.29 is 24.2 Å². The van der Waals surface area contributed by atoms with Crippen LogP contribution in [0.2, 0.25) is 10.0 Å². The Morgan fingerprint density at radius 3 is 2.09 bits per heavy atom. The van der Waals surface area contributed by atoms with Gasteiger partial charge in [0.05, 0.1) is 10.0 Å². The van der Waals surface area contributed by atoms with Gasteiger partial charge in [-0.2, -0.15) is 0 Å². The molecule has 1 aliphatic carbocycles. The third-order valence-electron chi connectivity index (χ3n) is 5.56. The largest absolute Gasteiger partial charge is 0.480 e. The number of Topliss-reactive ketones (excluding diaryl/α,β-unsaturated/α-hetero) is 1. The number of hydrogen-bond acceptors (Lipinski definition) is 4. The molecule has 168 valence electrons. The second-order valence-electron chi connectivity index (χ2n) is 7.62. The Morgan fingerprint density at radius 1 is 0.909 bits per heavy atom. The quantitative estimate of drug-likeness (QED) is 0.429. The van der Waals surface area contributed by atoms with Gasteiger partial charge in [0, 0.05) is 17.9 Å². The second kappa shape index (κ2) is 9.65. The van der Waals surface area contributed by atoms with Gasteiger partial charge in [-0.05, 0) is 40.5 Å². The van der Waals surface area contributed by atoms with Crippen molar-refractivity contribution >= 4 is 41.0 Å². The number of carbonyl (C=O) groups excluding carboxylic acids is 2. The Bertz CT molecular complexity index is 1200. The normalized spacial score (nSPS) is 13.0. The van der Waals surface area contributed by atoms with Gasteiger partial charge in [-0.3, -0.25) is 4.79 Å². The highest BCUT2D eigenvalue weighted by molar-refractivity contribution is 6.42. The zero-order chi connectivity index (χ0) is 23.5. The lowest BCUT2D eigenvalue weighted by Crippen LogP contribution is -2.42. The van der Waals surface area contributed by atoms with Gasteiger partial charge in [0.2, 0.25) is 0 Å². The Hall–Kier alpha value is -3.35. The van der Waals surface area contributed by atoms with Crippen molar-refractivity contribution in [3.63, 3.8) is 0 Å². The van der Waals surface area contributed by atoms with Crippen LogP contribution in [0.4, 0.5) is 4.79 Å². The fourth-order valence-electron chi connectivity index (χ4n) is 3.96. The number of hydrogen-bond donors (Lipinski definition) is 2. The zero-order valence-corrected chi connectivity index (χ0v) is 18.8. The molecule has 8 heteroatoms. The number of ether oxygens (including phenoxy) is 1. The summed E-state index contributed by atoms with van der Waals surface area (Å²) in [4.78, 5) is 36.5. The summed E-state index contributed by atoms with van der Waals surface area (Å²) in [7, 11) is 0. The van der Waals surface area contributed by atoms with Gasteiger partial charge >= 0.3 is 12.1 Å². The molecule has 0 aromatic heterocycles. The second-order valence-corrected chi connectivity index (χ2v) is 8.43. The number of carbonyl (C=O) groups is 3. The number of benzene rings is 3. The minimum atomic E-state index is -1.46. The number of carboxylic acid groups (broad SMARTS) is 1. The van der Waals surface area contributed by atoms with Crippen LogP contribution in [0.1, 0.15) is 33.8 Å². The molecule has 1 unspecified atom stereocenters. The number of fused-ring (bicyclic) bond motifs is 3. The number of ketones is 1. The number of halogens is 2. The average molecular weight is 484 g/mol. The van der Waals surface area contributed by atoms with E-state index >= 15 is 0 Å². The summed E-state index contributed by atoms with van der Waals surface area (Å²) in [5.74, 6) is -2.01. The number of aliphatic carboxylic acids is 1. The first-order valence-electron chi connectivity index (χ1n) is 10.2. The molecule has 0 fully saturated rings. The van der Waals surface area contributed by atoms with Crippen LogP contribution in [-0.4, -0.2) is 35.6 Å². The molecule has 2 N–H and O–H groups in total. The zero-order valence-electron chi connectivity index (χ0n) is 17.3. The van der Waals surface area contributed by atoms with Crippen molar-refractivity contribution in [1.29, 1.82) is 0 Å². The van der Waals surface area contributed by atoms with E-state index in [0.717, 1.165) is 22.3 Å². The lowest BCUT2D eigenvalue weighted by molar-refractivity contribution is -0.139. The third-order valence-corrected chi connectivity index (χ3v) is 6.30. The highest BCUT2D eigenvalue weighted by atomic mass is 35.5. The maximum absolute atomic E-state index is 12.5. The molecular weight excluding hydrogens is 465 g/mol. The van der Waals surface area contributed by atoms with Crippen LogP contribution in [0.3, 0.4) is 0 Å². The van der Waals surface area contributed by atoms with Gasteiger partial charge in [-0.15, -0.1) is 0 Å². The summed E-state index contributed by atoms with van der Waals surface area (Å²) in [5, 5.41) is 12.2. The molecular formula is C25H19Cl2NO5. The number of alkyl carbamates (subject to hydrolysis) is 1. The van der Waals surface area contributed by atoms with E-state index in [0.29, 0.717) is 0 Å². The van der Waals surface area contributed by atoms with Crippen molar-refractivity contribution in [2.45, 2.75) is 18.4 Å². The molecule has 0 saturated carbocycles. The van der Waals surface area contributed by atoms with Crippen LogP contribution in [0.5, 0.6) is 0 Å². The average Bonchev–Trinajstić information content (AvgIpc) is 3.12. The highest BCUT2D eigenvalue weighted by Gasteiger charge is 2.30. The molecule has 0 spiro atoms. The lowest BCUT2D eigenvalue weighted by Gasteiger charge is -2.17. The molecule has 3 aromatic carbocycles. The van der Waals surface area contributed by atoms with Gasteiger partial charge in [0.15, 0.2) is 5.78 Å². The first-order valence-corrected chi connectivity index (χ1v) is 10.9. The predicted molar refractivity (Wildman–Crippen MR) is 125 cm³/mol. The van der Waals surface area contributed by atoms with Gasteiger partial charge in [-0.1, -0.05) is 71.7 Å². The molecule has 1 amide bonds. The number of nitrogens with one attached hydrogen (secondary N) is 1. The fourth-order valence-corrected chi connectivity index (χ4v) is 4.25. The van der Waals surface area contributed by atoms with Crippen molar-refractivity contribution in [2.24, 2.45) is 0 Å². The van der Waals surface area contributed by atoms with Crippen LogP contribution < -0.4 is 5.32 Å². The number of carboxylic acids is 1. The summed E-state index contributed by atoms with van der Waals surface area (Å²) < 4.78 is 5.38. The van der Waals surface area contributed by atoms with Crippen molar-refractivity contribution in [3.05, 3.63) is 93.5 Å². The lowest BCUT2D eigenvalue weighted by atomic mass is 9.98. The van der Waals surface area contributed by atoms with E-state index in [9.17, 15) is 19.5 Å². The Labute approximate surface area is 200 Å². The van der Waals surface area contributed by atoms with E-state index in [1.165, 1.54) is 18.2 Å². The molecule has 6 nitrogen and oxygen atoms in total. The first-order chi connectivity index (χ1) is 15.8. The van der Waals surface area contributed by atoms with Crippen molar-refractivity contribution in [3.8, 4) is 11.1 Å². The summed E-state index contributed by atoms with van der Waals surface area (Å²) >= 11 is 11.8. The van der Waals surface area contributed by atoms with Gasteiger partial charge in [0.1, 0.15) is 12.6 Å². The molecule has 33 heavy (non-hydrogen) atoms. The van der Waals surface area contributed by atoms with E-state index in [1.807, 2.05) is 48.5 Å². The molecule has 0 bridgehead atoms. The Morgan fingerprint density at radius 2 is 1.52 bits per heavy atom. The van der Waals surface area contributed by atoms with Crippen LogP contribution in [0, 0.1) is 0 Å². The van der Waals surface area contributed by atoms with Crippen molar-refractivity contribution in [1.82, 2.24) is 5.32 Å². The standard InChI is InChI=1S/C25H19Cl2NO5/c26-20-10-9-14(11-21(20)27)23(29)12-22(24(30)31)28-25(32)33-13-19-17-7-3-1-5-15(17)16-6-2-4-8-18(16)19/h1-11,19,22H,12-13H2,(H,28,32)(H,30,31). The first kappa shape index (κ1) is 22.8. The summed E-state index contributed by atoms with van der Waals surface area (Å²) in [6, 6.07) is 18.6. The highest BCUT2D eigenvalue weighted by Crippen LogP contribution is 2.44. The van der Waals surface area contributed by atoms with E-state index < -0.39 is 30.3 Å². The van der Waals surface area contributed by atoms with Crippen molar-refractivity contribution in [2.75, 3.05) is 6.61 Å². The van der Waals surface area contributed by atoms with Crippen LogP contribution in [0.25, 0.3) is 11.1 Å². The predicted octanol–water partition coefficient (Wildman–Crippen LogP) is 5.56. The van der Waals surface area contributed by atoms with E-state index in [2.05, 4.69) is 5.32 Å². The summed E-state index contributed by atoms with van der Waals surface area (Å²) in [6.45, 7) is 0.0347. The molecule has 0 heterocycles. The fraction of sp³-hybridized carbons (Fsp3) is 0.160. The number of rotatable bonds is 7. The van der Waals surface area contributed by atoms with Crippen LogP contribution in [-0.2, 0) is 9.53 Å². The van der Waals surface area contributed by atoms with Gasteiger partial charge < -0.3 is 15.2 Å². The maximum Gasteiger partial charge on any atom is 0.407 e. The van der Waals surface area contributed by atoms with Gasteiger partial charge in [-0.25, -0.2) is 9.59 Å². The van der Waals surface area contributed by atoms with Gasteiger partial charge in [0.25, 0.3) is 0 Å². The molecule has 1 aliphatic rings. The molecule has 0 aliphatic heterocycles. The molecule has 0 radical (unpaired) electrons. The molecule has 0 saturated heterocycles. The van der Waals surface area contributed by atoms with Crippen LogP contribution >= 0.6 is 23.2 Å². The molecule has 3 aromatic rings. The van der Waals surface area contributed by atoms with E-state index in [4.69, 9.17) is 27.9 Å². The number of amides is 1. The minimum absolute atomic E-state index is 0.0347. The summed E-state index contributed by atoms with van der Waals surface area (Å²) in [5.41, 5.74) is 4.44. The minimum Gasteiger partial charge on any atom is -0.480 e. The Kier molecular flexibility index (Phi) is 6.67. The smallest absolute Gasteiger partial charge is 0.407 e. The SMILES string of the molecule is O=C(NC(CC(=O)c1ccc(Cl)c(Cl)c1)C(=O)O)OCC1c2ccccc2-c2ccccc21. The monoisotopic (exact) mass is 483 g/mol. The van der Waals surface area contributed by atoms with E-state index in [1.54, 1.807) is 0 Å². The third kappa shape index (κ3) is 4.87. The van der Waals surface area contributed by atoms with Crippen LogP contribution in [0.15, 0.2) is 66.7 Å². The molecule has 4 rings (SSSR count).